The van der Waals surface area contributed by atoms with Gasteiger partial charge in [0.05, 0.1) is 10.6 Å². The number of carbonyl (C=O) groups excluding carboxylic acids is 2. The molecule has 3 aromatic carbocycles. The van der Waals surface area contributed by atoms with Gasteiger partial charge in [-0.05, 0) is 74.7 Å². The highest BCUT2D eigenvalue weighted by Gasteiger charge is 2.34. The molecule has 3 aromatic rings. The summed E-state index contributed by atoms with van der Waals surface area (Å²) in [5.74, 6) is -1.49. The first-order chi connectivity index (χ1) is 19.0. The third-order valence-corrected chi connectivity index (χ3v) is 8.84. The van der Waals surface area contributed by atoms with Gasteiger partial charge >= 0.3 is 0 Å². The SMILES string of the molecule is CCC(C)NC(=O)C(CC)N(Cc1ccccc1Cl)C(=O)CN(c1ccc(F)cc1)S(=O)(=O)c1ccc(C)cc1. The molecule has 7 nitrogen and oxygen atoms in total. The van der Waals surface area contributed by atoms with Crippen LogP contribution in [-0.2, 0) is 26.2 Å². The second-order valence-electron chi connectivity index (χ2n) is 9.66. The number of carbonyl (C=O) groups is 2. The normalized spacial score (nSPS) is 12.8. The largest absolute Gasteiger partial charge is 0.352 e. The number of benzene rings is 3. The Hall–Kier alpha value is -3.43. The number of hydrogen-bond acceptors (Lipinski definition) is 4. The van der Waals surface area contributed by atoms with Crippen molar-refractivity contribution in [1.29, 1.82) is 0 Å². The van der Waals surface area contributed by atoms with Crippen LogP contribution >= 0.6 is 11.6 Å². The fourth-order valence-corrected chi connectivity index (χ4v) is 5.75. The van der Waals surface area contributed by atoms with Crippen molar-refractivity contribution in [3.05, 3.63) is 94.8 Å². The molecule has 3 rings (SSSR count). The van der Waals surface area contributed by atoms with E-state index in [-0.39, 0.29) is 29.1 Å². The van der Waals surface area contributed by atoms with Crippen molar-refractivity contribution in [1.82, 2.24) is 10.2 Å². The predicted molar refractivity (Wildman–Crippen MR) is 156 cm³/mol. The predicted octanol–water partition coefficient (Wildman–Crippen LogP) is 5.70. The zero-order valence-electron chi connectivity index (χ0n) is 23.1. The van der Waals surface area contributed by atoms with E-state index in [0.717, 1.165) is 22.0 Å². The van der Waals surface area contributed by atoms with Crippen molar-refractivity contribution in [3.63, 3.8) is 0 Å². The minimum Gasteiger partial charge on any atom is -0.352 e. The number of sulfonamides is 1. The Morgan fingerprint density at radius 2 is 1.57 bits per heavy atom. The highest BCUT2D eigenvalue weighted by Crippen LogP contribution is 2.26. The number of aryl methyl sites for hydroxylation is 1. The molecule has 40 heavy (non-hydrogen) atoms. The fraction of sp³-hybridized carbons (Fsp3) is 0.333. The summed E-state index contributed by atoms with van der Waals surface area (Å²) in [4.78, 5) is 28.7. The Morgan fingerprint density at radius 1 is 0.950 bits per heavy atom. The van der Waals surface area contributed by atoms with Crippen molar-refractivity contribution < 1.29 is 22.4 Å². The zero-order valence-corrected chi connectivity index (χ0v) is 24.7. The van der Waals surface area contributed by atoms with Crippen molar-refractivity contribution in [2.24, 2.45) is 0 Å². The molecule has 0 aliphatic rings. The van der Waals surface area contributed by atoms with E-state index in [0.29, 0.717) is 23.4 Å². The molecule has 0 fully saturated rings. The molecule has 2 atom stereocenters. The van der Waals surface area contributed by atoms with Crippen molar-refractivity contribution in [2.45, 2.75) is 64.1 Å². The van der Waals surface area contributed by atoms with Crippen LogP contribution < -0.4 is 9.62 Å². The van der Waals surface area contributed by atoms with Crippen LogP contribution in [0.15, 0.2) is 77.7 Å². The van der Waals surface area contributed by atoms with Gasteiger partial charge in [-0.15, -0.1) is 0 Å². The molecule has 0 radical (unpaired) electrons. The molecule has 10 heteroatoms. The van der Waals surface area contributed by atoms with Crippen LogP contribution in [0.25, 0.3) is 0 Å². The van der Waals surface area contributed by atoms with E-state index in [1.54, 1.807) is 43.3 Å². The van der Waals surface area contributed by atoms with Gasteiger partial charge in [-0.1, -0.05) is 61.3 Å². The minimum absolute atomic E-state index is 0.00717. The lowest BCUT2D eigenvalue weighted by atomic mass is 10.1. The standard InChI is InChI=1S/C30H35ClFN3O4S/c1-5-22(4)33-30(37)28(6-2)34(19-23-9-7-8-10-27(23)31)29(36)20-35(25-15-13-24(32)14-16-25)40(38,39)26-17-11-21(3)12-18-26/h7-18,22,28H,5-6,19-20H2,1-4H3,(H,33,37). The summed E-state index contributed by atoms with van der Waals surface area (Å²) in [5, 5.41) is 3.35. The third-order valence-electron chi connectivity index (χ3n) is 6.69. The zero-order chi connectivity index (χ0) is 29.4. The van der Waals surface area contributed by atoms with Crippen molar-refractivity contribution in [3.8, 4) is 0 Å². The van der Waals surface area contributed by atoms with E-state index in [1.807, 2.05) is 20.8 Å². The average Bonchev–Trinajstić information content (AvgIpc) is 2.93. The highest BCUT2D eigenvalue weighted by atomic mass is 35.5. The quantitative estimate of drug-likeness (QED) is 0.294. The first kappa shape index (κ1) is 31.1. The van der Waals surface area contributed by atoms with E-state index < -0.39 is 34.3 Å². The Balaban J connectivity index is 2.06. The molecule has 2 unspecified atom stereocenters. The monoisotopic (exact) mass is 587 g/mol. The van der Waals surface area contributed by atoms with Gasteiger partial charge in [-0.2, -0.15) is 0 Å². The van der Waals surface area contributed by atoms with E-state index in [1.165, 1.54) is 29.2 Å². The summed E-state index contributed by atoms with van der Waals surface area (Å²) in [7, 11) is -4.23. The minimum atomic E-state index is -4.23. The Kier molecular flexibility index (Phi) is 10.7. The smallest absolute Gasteiger partial charge is 0.264 e. The van der Waals surface area contributed by atoms with Gasteiger partial charge < -0.3 is 10.2 Å². The van der Waals surface area contributed by atoms with Gasteiger partial charge in [-0.3, -0.25) is 13.9 Å². The number of halogens is 2. The number of nitrogens with zero attached hydrogens (tertiary/aromatic N) is 2. The molecule has 0 spiro atoms. The number of hydrogen-bond donors (Lipinski definition) is 1. The van der Waals surface area contributed by atoms with Gasteiger partial charge in [0.15, 0.2) is 0 Å². The van der Waals surface area contributed by atoms with Crippen molar-refractivity contribution in [2.75, 3.05) is 10.8 Å². The van der Waals surface area contributed by atoms with E-state index in [9.17, 15) is 22.4 Å². The number of anilines is 1. The summed E-state index contributed by atoms with van der Waals surface area (Å²) in [5.41, 5.74) is 1.60. The molecular formula is C30H35ClFN3O4S. The maximum atomic E-state index is 14.0. The van der Waals surface area contributed by atoms with Crippen LogP contribution in [0.5, 0.6) is 0 Å². The van der Waals surface area contributed by atoms with Crippen LogP contribution in [-0.4, -0.2) is 43.8 Å². The molecule has 0 saturated carbocycles. The first-order valence-corrected chi connectivity index (χ1v) is 15.0. The van der Waals surface area contributed by atoms with Gasteiger partial charge in [0.2, 0.25) is 11.8 Å². The van der Waals surface area contributed by atoms with Crippen LogP contribution in [0, 0.1) is 12.7 Å². The third kappa shape index (κ3) is 7.61. The van der Waals surface area contributed by atoms with Gasteiger partial charge in [0, 0.05) is 17.6 Å². The number of amides is 2. The molecule has 0 heterocycles. The molecule has 0 bridgehead atoms. The molecule has 2 amide bonds. The second-order valence-corrected chi connectivity index (χ2v) is 11.9. The van der Waals surface area contributed by atoms with E-state index in [2.05, 4.69) is 5.32 Å². The molecule has 0 aliphatic carbocycles. The maximum absolute atomic E-state index is 14.0. The molecule has 0 aromatic heterocycles. The van der Waals surface area contributed by atoms with Crippen LogP contribution in [0.1, 0.15) is 44.7 Å². The summed E-state index contributed by atoms with van der Waals surface area (Å²) < 4.78 is 42.3. The first-order valence-electron chi connectivity index (χ1n) is 13.2. The fourth-order valence-electron chi connectivity index (χ4n) is 4.14. The second kappa shape index (κ2) is 13.8. The molecular weight excluding hydrogens is 553 g/mol. The van der Waals surface area contributed by atoms with E-state index >= 15 is 0 Å². The van der Waals surface area contributed by atoms with Gasteiger partial charge in [0.25, 0.3) is 10.0 Å². The summed E-state index contributed by atoms with van der Waals surface area (Å²) in [6, 6.07) is 17.1. The Labute approximate surface area is 241 Å². The highest BCUT2D eigenvalue weighted by molar-refractivity contribution is 7.92. The summed E-state index contributed by atoms with van der Waals surface area (Å²) in [6.45, 7) is 6.81. The lowest BCUT2D eigenvalue weighted by Gasteiger charge is -2.34. The topological polar surface area (TPSA) is 86.8 Å². The number of nitrogens with one attached hydrogen (secondary N) is 1. The molecule has 0 saturated heterocycles. The average molecular weight is 588 g/mol. The molecule has 214 valence electrons. The molecule has 1 N–H and O–H groups in total. The van der Waals surface area contributed by atoms with E-state index in [4.69, 9.17) is 11.6 Å². The van der Waals surface area contributed by atoms with Gasteiger partial charge in [-0.25, -0.2) is 12.8 Å². The molecule has 0 aliphatic heterocycles. The summed E-state index contributed by atoms with van der Waals surface area (Å²) >= 11 is 6.41. The van der Waals surface area contributed by atoms with Gasteiger partial charge in [0.1, 0.15) is 18.4 Å². The Bertz CT molecular complexity index is 1420. The number of rotatable bonds is 12. The maximum Gasteiger partial charge on any atom is 0.264 e. The Morgan fingerprint density at radius 3 is 2.15 bits per heavy atom. The van der Waals surface area contributed by atoms with Crippen LogP contribution in [0.3, 0.4) is 0 Å². The lowest BCUT2D eigenvalue weighted by molar-refractivity contribution is -0.140. The van der Waals surface area contributed by atoms with Crippen LogP contribution in [0.2, 0.25) is 5.02 Å². The summed E-state index contributed by atoms with van der Waals surface area (Å²) in [6.07, 6.45) is 0.994. The van der Waals surface area contributed by atoms with Crippen LogP contribution in [0.4, 0.5) is 10.1 Å². The van der Waals surface area contributed by atoms with Crippen molar-refractivity contribution >= 4 is 39.1 Å². The lowest BCUT2D eigenvalue weighted by Crippen LogP contribution is -2.53.